The number of halogens is 2. The van der Waals surface area contributed by atoms with Crippen LogP contribution < -0.4 is 11.1 Å². The summed E-state index contributed by atoms with van der Waals surface area (Å²) in [4.78, 5) is 39.9. The Morgan fingerprint density at radius 3 is 2.39 bits per heavy atom. The molecule has 0 saturated heterocycles. The van der Waals surface area contributed by atoms with Gasteiger partial charge in [0.2, 0.25) is 5.91 Å². The zero-order chi connectivity index (χ0) is 29.8. The highest BCUT2D eigenvalue weighted by Gasteiger charge is 2.38. The van der Waals surface area contributed by atoms with Crippen molar-refractivity contribution < 1.29 is 24.2 Å². The maximum Gasteiger partial charge on any atom is 0.405 e. The van der Waals surface area contributed by atoms with E-state index in [2.05, 4.69) is 5.32 Å². The van der Waals surface area contributed by atoms with Crippen molar-refractivity contribution in [2.45, 2.75) is 69.9 Å². The van der Waals surface area contributed by atoms with Crippen molar-refractivity contribution in [1.29, 1.82) is 0 Å². The topological polar surface area (TPSA) is 122 Å². The van der Waals surface area contributed by atoms with Crippen LogP contribution >= 0.6 is 23.2 Å². The Bertz CT molecular complexity index is 1140. The van der Waals surface area contributed by atoms with E-state index >= 15 is 0 Å². The van der Waals surface area contributed by atoms with Gasteiger partial charge in [-0.1, -0.05) is 79.6 Å². The number of rotatable bonds is 14. The van der Waals surface area contributed by atoms with E-state index in [1.165, 1.54) is 0 Å². The average Bonchev–Trinajstić information content (AvgIpc) is 2.96. The van der Waals surface area contributed by atoms with Gasteiger partial charge in [0.05, 0.1) is 12.6 Å². The molecule has 224 valence electrons. The van der Waals surface area contributed by atoms with Crippen LogP contribution in [0.1, 0.15) is 56.1 Å². The van der Waals surface area contributed by atoms with Gasteiger partial charge in [-0.15, -0.1) is 0 Å². The minimum Gasteiger partial charge on any atom is -0.436 e. The number of benzene rings is 2. The number of hydrogen-bond acceptors (Lipinski definition) is 5. The van der Waals surface area contributed by atoms with E-state index in [0.717, 1.165) is 43.2 Å². The molecule has 41 heavy (non-hydrogen) atoms. The van der Waals surface area contributed by atoms with Gasteiger partial charge >= 0.3 is 6.09 Å². The first kappa shape index (κ1) is 32.7. The Labute approximate surface area is 252 Å². The molecule has 0 aliphatic heterocycles. The molecule has 0 heterocycles. The number of aliphatic hydroxyl groups is 1. The molecule has 1 fully saturated rings. The molecule has 1 saturated carbocycles. The van der Waals surface area contributed by atoms with Crippen LogP contribution in [-0.2, 0) is 27.2 Å². The van der Waals surface area contributed by atoms with Crippen LogP contribution in [0.4, 0.5) is 4.79 Å². The standard InChI is InChI=1S/C31H41Cl2N3O5/c1-36(17-16-21-10-12-24(32)13-11-21)28(38)15-14-26(20-37)35-30(39)29(41-31(34)40)27(23-7-3-2-4-8-23)19-22-6-5-9-25(33)18-22/h5-6,9-13,18,23,26-27,29,37H,2-4,7-8,14-17,19-20H2,1H3,(H2,34,40)(H,35,39). The maximum absolute atomic E-state index is 13.6. The number of amides is 3. The summed E-state index contributed by atoms with van der Waals surface area (Å²) in [5.74, 6) is -0.788. The second-order valence-electron chi connectivity index (χ2n) is 10.9. The zero-order valence-corrected chi connectivity index (χ0v) is 25.1. The second kappa shape index (κ2) is 16.6. The Morgan fingerprint density at radius 1 is 1.05 bits per heavy atom. The molecule has 0 radical (unpaired) electrons. The van der Waals surface area contributed by atoms with Gasteiger partial charge in [-0.2, -0.15) is 0 Å². The molecule has 3 amide bonds. The molecule has 3 unspecified atom stereocenters. The van der Waals surface area contributed by atoms with Gasteiger partial charge in [0.1, 0.15) is 0 Å². The summed E-state index contributed by atoms with van der Waals surface area (Å²) < 4.78 is 5.45. The minimum absolute atomic E-state index is 0.0994. The van der Waals surface area contributed by atoms with E-state index in [1.807, 2.05) is 42.5 Å². The third-order valence-electron chi connectivity index (χ3n) is 7.85. The van der Waals surface area contributed by atoms with Gasteiger partial charge in [0.25, 0.3) is 5.91 Å². The molecule has 0 aromatic heterocycles. The monoisotopic (exact) mass is 605 g/mol. The van der Waals surface area contributed by atoms with Crippen molar-refractivity contribution in [3.63, 3.8) is 0 Å². The first-order valence-corrected chi connectivity index (χ1v) is 15.0. The van der Waals surface area contributed by atoms with Gasteiger partial charge in [-0.25, -0.2) is 4.79 Å². The van der Waals surface area contributed by atoms with Gasteiger partial charge < -0.3 is 25.8 Å². The lowest BCUT2D eigenvalue weighted by atomic mass is 9.74. The Kier molecular flexibility index (Phi) is 13.2. The molecule has 2 aromatic rings. The van der Waals surface area contributed by atoms with Crippen molar-refractivity contribution in [2.75, 3.05) is 20.2 Å². The molecular weight excluding hydrogens is 565 g/mol. The third-order valence-corrected chi connectivity index (χ3v) is 8.34. The molecule has 10 heteroatoms. The van der Waals surface area contributed by atoms with Crippen molar-refractivity contribution >= 4 is 41.1 Å². The number of aliphatic hydroxyl groups excluding tert-OH is 1. The number of nitrogens with one attached hydrogen (secondary N) is 1. The zero-order valence-electron chi connectivity index (χ0n) is 23.6. The average molecular weight is 607 g/mol. The Morgan fingerprint density at radius 2 is 1.76 bits per heavy atom. The predicted octanol–water partition coefficient (Wildman–Crippen LogP) is 5.15. The van der Waals surface area contributed by atoms with Gasteiger partial charge in [-0.05, 0) is 60.6 Å². The fourth-order valence-electron chi connectivity index (χ4n) is 5.53. The number of ether oxygens (including phenoxy) is 1. The molecule has 8 nitrogen and oxygen atoms in total. The number of nitrogens with zero attached hydrogens (tertiary/aromatic N) is 1. The second-order valence-corrected chi connectivity index (χ2v) is 11.7. The number of likely N-dealkylation sites (N-methyl/N-ethyl adjacent to an activating group) is 1. The first-order chi connectivity index (χ1) is 19.7. The van der Waals surface area contributed by atoms with Gasteiger partial charge in [0.15, 0.2) is 6.10 Å². The van der Waals surface area contributed by atoms with Gasteiger partial charge in [-0.3, -0.25) is 9.59 Å². The van der Waals surface area contributed by atoms with E-state index in [1.54, 1.807) is 18.0 Å². The third kappa shape index (κ3) is 10.8. The summed E-state index contributed by atoms with van der Waals surface area (Å²) in [5, 5.41) is 14.1. The fraction of sp³-hybridized carbons (Fsp3) is 0.516. The number of primary amides is 1. The van der Waals surface area contributed by atoms with Crippen molar-refractivity contribution in [3.05, 3.63) is 69.7 Å². The molecule has 1 aliphatic rings. The molecule has 2 aromatic carbocycles. The highest BCUT2D eigenvalue weighted by atomic mass is 35.5. The normalized spacial score (nSPS) is 15.9. The van der Waals surface area contributed by atoms with Crippen LogP contribution in [0.3, 0.4) is 0 Å². The molecule has 0 spiro atoms. The molecule has 4 N–H and O–H groups in total. The maximum atomic E-state index is 13.6. The SMILES string of the molecule is CN(CCc1ccc(Cl)cc1)C(=O)CCC(CO)NC(=O)C(OC(N)=O)C(Cc1cccc(Cl)c1)C1CCCCC1. The van der Waals surface area contributed by atoms with Crippen molar-refractivity contribution in [3.8, 4) is 0 Å². The molecule has 3 atom stereocenters. The van der Waals surface area contributed by atoms with Crippen LogP contribution in [0, 0.1) is 11.8 Å². The van der Waals surface area contributed by atoms with E-state index in [0.29, 0.717) is 29.4 Å². The first-order valence-electron chi connectivity index (χ1n) is 14.3. The smallest absolute Gasteiger partial charge is 0.405 e. The number of carbonyl (C=O) groups excluding carboxylic acids is 3. The number of hydrogen-bond donors (Lipinski definition) is 3. The van der Waals surface area contributed by atoms with E-state index < -0.39 is 24.1 Å². The summed E-state index contributed by atoms with van der Waals surface area (Å²) in [5.41, 5.74) is 7.43. The van der Waals surface area contributed by atoms with Crippen molar-refractivity contribution in [1.82, 2.24) is 10.2 Å². The lowest BCUT2D eigenvalue weighted by Gasteiger charge is -2.35. The summed E-state index contributed by atoms with van der Waals surface area (Å²) in [6.45, 7) is 0.164. The minimum atomic E-state index is -1.14. The largest absolute Gasteiger partial charge is 0.436 e. The quantitative estimate of drug-likeness (QED) is 0.275. The van der Waals surface area contributed by atoms with Crippen LogP contribution in [-0.4, -0.2) is 60.3 Å². The number of nitrogens with two attached hydrogens (primary N) is 1. The predicted molar refractivity (Wildman–Crippen MR) is 161 cm³/mol. The highest BCUT2D eigenvalue weighted by Crippen LogP contribution is 2.35. The molecule has 0 bridgehead atoms. The van der Waals surface area contributed by atoms with E-state index in [-0.39, 0.29) is 37.2 Å². The van der Waals surface area contributed by atoms with Crippen LogP contribution in [0.15, 0.2) is 48.5 Å². The Balaban J connectivity index is 1.64. The van der Waals surface area contributed by atoms with Crippen LogP contribution in [0.5, 0.6) is 0 Å². The summed E-state index contributed by atoms with van der Waals surface area (Å²) in [6.07, 6.45) is 4.39. The lowest BCUT2D eigenvalue weighted by Crippen LogP contribution is -2.50. The Hall–Kier alpha value is -2.81. The van der Waals surface area contributed by atoms with E-state index in [9.17, 15) is 19.5 Å². The van der Waals surface area contributed by atoms with Crippen LogP contribution in [0.2, 0.25) is 10.0 Å². The highest BCUT2D eigenvalue weighted by molar-refractivity contribution is 6.30. The van der Waals surface area contributed by atoms with Crippen LogP contribution in [0.25, 0.3) is 0 Å². The van der Waals surface area contributed by atoms with E-state index in [4.69, 9.17) is 33.7 Å². The summed E-state index contributed by atoms with van der Waals surface area (Å²) in [6, 6.07) is 14.2. The molecule has 3 rings (SSSR count). The summed E-state index contributed by atoms with van der Waals surface area (Å²) in [7, 11) is 1.73. The fourth-order valence-corrected chi connectivity index (χ4v) is 5.87. The van der Waals surface area contributed by atoms with Gasteiger partial charge in [0, 0.05) is 36.0 Å². The van der Waals surface area contributed by atoms with Crippen molar-refractivity contribution in [2.24, 2.45) is 17.6 Å². The molecule has 1 aliphatic carbocycles. The number of carbonyl (C=O) groups is 3. The lowest BCUT2D eigenvalue weighted by molar-refractivity contribution is -0.135. The summed E-state index contributed by atoms with van der Waals surface area (Å²) >= 11 is 12.2. The molecular formula is C31H41Cl2N3O5.